The normalized spacial score (nSPS) is 14.1. The topological polar surface area (TPSA) is 83.9 Å². The van der Waals surface area contributed by atoms with Crippen LogP contribution in [-0.4, -0.2) is 55.4 Å². The van der Waals surface area contributed by atoms with E-state index in [1.165, 1.54) is 11.2 Å². The van der Waals surface area contributed by atoms with Crippen LogP contribution in [0.3, 0.4) is 0 Å². The summed E-state index contributed by atoms with van der Waals surface area (Å²) in [5.41, 5.74) is 0. The zero-order valence-electron chi connectivity index (χ0n) is 10.7. The zero-order valence-corrected chi connectivity index (χ0v) is 11.5. The maximum Gasteiger partial charge on any atom is 0.325 e. The van der Waals surface area contributed by atoms with Crippen LogP contribution < -0.4 is 0 Å². The van der Waals surface area contributed by atoms with Crippen LogP contribution in [0, 0.1) is 0 Å². The number of nitrogens with zero attached hydrogens (tertiary/aromatic N) is 1. The fraction of sp³-hybridized carbons (Fsp3) is 0.900. The molecule has 7 heteroatoms. The predicted molar refractivity (Wildman–Crippen MR) is 63.9 cm³/mol. The van der Waals surface area contributed by atoms with E-state index < -0.39 is 21.2 Å². The van der Waals surface area contributed by atoms with E-state index in [4.69, 9.17) is 5.11 Å². The lowest BCUT2D eigenvalue weighted by atomic mass is 10.3. The predicted octanol–water partition coefficient (Wildman–Crippen LogP) is -0.0295. The SMILES string of the molecule is COC(=O)C(C)S(=O)(=O)N(CCCO)C(C)C. The van der Waals surface area contributed by atoms with Gasteiger partial charge in [-0.1, -0.05) is 0 Å². The molecule has 1 atom stereocenters. The van der Waals surface area contributed by atoms with E-state index in [1.807, 2.05) is 0 Å². The molecule has 0 saturated heterocycles. The van der Waals surface area contributed by atoms with Crippen LogP contribution in [0.15, 0.2) is 0 Å². The molecule has 0 aliphatic heterocycles. The highest BCUT2D eigenvalue weighted by Gasteiger charge is 2.35. The number of aliphatic hydroxyl groups excluding tert-OH is 1. The standard InChI is InChI=1S/C10H21NO5S/c1-8(2)11(6-5-7-12)17(14,15)9(3)10(13)16-4/h8-9,12H,5-7H2,1-4H3. The third kappa shape index (κ3) is 4.25. The van der Waals surface area contributed by atoms with Crippen molar-refractivity contribution in [2.45, 2.75) is 38.5 Å². The van der Waals surface area contributed by atoms with E-state index in [0.29, 0.717) is 6.42 Å². The summed E-state index contributed by atoms with van der Waals surface area (Å²) < 4.78 is 29.9. The molecule has 0 radical (unpaired) electrons. The quantitative estimate of drug-likeness (QED) is 0.655. The zero-order chi connectivity index (χ0) is 13.6. The Morgan fingerprint density at radius 3 is 2.24 bits per heavy atom. The van der Waals surface area contributed by atoms with Crippen molar-refractivity contribution in [1.82, 2.24) is 4.31 Å². The Morgan fingerprint density at radius 2 is 1.88 bits per heavy atom. The molecule has 0 amide bonds. The molecule has 102 valence electrons. The van der Waals surface area contributed by atoms with Crippen LogP contribution in [0.1, 0.15) is 27.2 Å². The molecule has 0 rings (SSSR count). The van der Waals surface area contributed by atoms with Crippen LogP contribution in [0.4, 0.5) is 0 Å². The van der Waals surface area contributed by atoms with Crippen LogP contribution in [0.2, 0.25) is 0 Å². The molecule has 0 aromatic carbocycles. The van der Waals surface area contributed by atoms with Crippen molar-refractivity contribution in [2.75, 3.05) is 20.3 Å². The number of hydrogen-bond donors (Lipinski definition) is 1. The first-order chi connectivity index (χ1) is 7.78. The minimum absolute atomic E-state index is 0.0919. The van der Waals surface area contributed by atoms with Gasteiger partial charge in [-0.15, -0.1) is 0 Å². The van der Waals surface area contributed by atoms with E-state index in [2.05, 4.69) is 4.74 Å². The summed E-state index contributed by atoms with van der Waals surface area (Å²) in [6.45, 7) is 4.84. The number of rotatable bonds is 7. The highest BCUT2D eigenvalue weighted by Crippen LogP contribution is 2.14. The number of hydrogen-bond acceptors (Lipinski definition) is 5. The van der Waals surface area contributed by atoms with E-state index in [0.717, 1.165) is 7.11 Å². The summed E-state index contributed by atoms with van der Waals surface area (Å²) in [7, 11) is -2.58. The Kier molecular flexibility index (Phi) is 6.66. The van der Waals surface area contributed by atoms with Crippen LogP contribution in [0.5, 0.6) is 0 Å². The van der Waals surface area contributed by atoms with Crippen molar-refractivity contribution in [3.63, 3.8) is 0 Å². The van der Waals surface area contributed by atoms with Crippen molar-refractivity contribution in [3.05, 3.63) is 0 Å². The Labute approximate surface area is 103 Å². The minimum Gasteiger partial charge on any atom is -0.468 e. The summed E-state index contributed by atoms with van der Waals surface area (Å²) in [5.74, 6) is -0.778. The van der Waals surface area contributed by atoms with E-state index in [9.17, 15) is 13.2 Å². The van der Waals surface area contributed by atoms with Crippen molar-refractivity contribution < 1.29 is 23.1 Å². The van der Waals surface area contributed by atoms with E-state index >= 15 is 0 Å². The second-order valence-corrected chi connectivity index (χ2v) is 6.20. The number of carbonyl (C=O) groups excluding carboxylic acids is 1. The first-order valence-electron chi connectivity index (χ1n) is 5.48. The smallest absolute Gasteiger partial charge is 0.325 e. The molecule has 0 aromatic heterocycles. The van der Waals surface area contributed by atoms with E-state index in [1.54, 1.807) is 13.8 Å². The second kappa shape index (κ2) is 6.93. The number of esters is 1. The van der Waals surface area contributed by atoms with Gasteiger partial charge in [0.05, 0.1) is 7.11 Å². The lowest BCUT2D eigenvalue weighted by molar-refractivity contribution is -0.139. The number of aliphatic hydroxyl groups is 1. The van der Waals surface area contributed by atoms with Gasteiger partial charge in [-0.2, -0.15) is 4.31 Å². The lowest BCUT2D eigenvalue weighted by Crippen LogP contribution is -2.45. The highest BCUT2D eigenvalue weighted by molar-refractivity contribution is 7.90. The molecule has 0 aliphatic carbocycles. The maximum absolute atomic E-state index is 12.1. The minimum atomic E-state index is -3.74. The molecular formula is C10H21NO5S. The van der Waals surface area contributed by atoms with Gasteiger partial charge in [0.1, 0.15) is 0 Å². The third-order valence-corrected chi connectivity index (χ3v) is 4.76. The van der Waals surface area contributed by atoms with Gasteiger partial charge in [0, 0.05) is 19.2 Å². The van der Waals surface area contributed by atoms with Gasteiger partial charge >= 0.3 is 5.97 Å². The Morgan fingerprint density at radius 1 is 1.35 bits per heavy atom. The Bertz CT molecular complexity index is 339. The van der Waals surface area contributed by atoms with Crippen molar-refractivity contribution in [3.8, 4) is 0 Å². The molecule has 0 aromatic rings. The van der Waals surface area contributed by atoms with Gasteiger partial charge < -0.3 is 9.84 Å². The highest BCUT2D eigenvalue weighted by atomic mass is 32.2. The Hall–Kier alpha value is -0.660. The van der Waals surface area contributed by atoms with Crippen molar-refractivity contribution in [2.24, 2.45) is 0 Å². The molecule has 0 saturated carbocycles. The van der Waals surface area contributed by atoms with Crippen LogP contribution in [-0.2, 0) is 19.6 Å². The molecule has 6 nitrogen and oxygen atoms in total. The molecule has 0 aliphatic rings. The first-order valence-corrected chi connectivity index (χ1v) is 6.98. The van der Waals surface area contributed by atoms with Crippen molar-refractivity contribution >= 4 is 16.0 Å². The number of carbonyl (C=O) groups is 1. The van der Waals surface area contributed by atoms with Gasteiger partial charge in [0.15, 0.2) is 5.25 Å². The molecule has 1 N–H and O–H groups in total. The van der Waals surface area contributed by atoms with Gasteiger partial charge in [-0.05, 0) is 27.2 Å². The third-order valence-electron chi connectivity index (χ3n) is 2.42. The molecule has 0 heterocycles. The molecule has 17 heavy (non-hydrogen) atoms. The molecule has 1 unspecified atom stereocenters. The van der Waals surface area contributed by atoms with E-state index in [-0.39, 0.29) is 19.2 Å². The van der Waals surface area contributed by atoms with Crippen LogP contribution in [0.25, 0.3) is 0 Å². The fourth-order valence-corrected chi connectivity index (χ4v) is 3.11. The fourth-order valence-electron chi connectivity index (χ4n) is 1.40. The van der Waals surface area contributed by atoms with Gasteiger partial charge in [-0.3, -0.25) is 4.79 Å². The van der Waals surface area contributed by atoms with Gasteiger partial charge in [0.2, 0.25) is 10.0 Å². The van der Waals surface area contributed by atoms with Gasteiger partial charge in [-0.25, -0.2) is 8.42 Å². The number of methoxy groups -OCH3 is 1. The first kappa shape index (κ1) is 16.3. The largest absolute Gasteiger partial charge is 0.468 e. The summed E-state index contributed by atoms with van der Waals surface area (Å²) in [6.07, 6.45) is 0.339. The second-order valence-electron chi connectivity index (χ2n) is 3.99. The number of sulfonamides is 1. The summed E-state index contributed by atoms with van der Waals surface area (Å²) in [5, 5.41) is 7.52. The van der Waals surface area contributed by atoms with Crippen LogP contribution >= 0.6 is 0 Å². The van der Waals surface area contributed by atoms with Gasteiger partial charge in [0.25, 0.3) is 0 Å². The number of ether oxygens (including phenoxy) is 1. The average Bonchev–Trinajstić information content (AvgIpc) is 2.26. The monoisotopic (exact) mass is 267 g/mol. The molecule has 0 fully saturated rings. The molecule has 0 bridgehead atoms. The molecular weight excluding hydrogens is 246 g/mol. The summed E-state index contributed by atoms with van der Waals surface area (Å²) in [6, 6.07) is -0.265. The van der Waals surface area contributed by atoms with Crippen molar-refractivity contribution in [1.29, 1.82) is 0 Å². The lowest BCUT2D eigenvalue weighted by Gasteiger charge is -2.27. The Balaban J connectivity index is 5.01. The molecule has 0 spiro atoms. The summed E-state index contributed by atoms with van der Waals surface area (Å²) >= 11 is 0. The summed E-state index contributed by atoms with van der Waals surface area (Å²) in [4.78, 5) is 11.3. The maximum atomic E-state index is 12.1. The average molecular weight is 267 g/mol.